The number of aryl methyl sites for hydroxylation is 1. The molecule has 2 heterocycles. The van der Waals surface area contributed by atoms with E-state index in [-0.39, 0.29) is 16.9 Å². The van der Waals surface area contributed by atoms with Crippen LogP contribution in [0, 0.1) is 6.92 Å². The first-order chi connectivity index (χ1) is 62.9. The summed E-state index contributed by atoms with van der Waals surface area (Å²) in [5.74, 6) is -35.6. The van der Waals surface area contributed by atoms with Crippen molar-refractivity contribution in [2.45, 2.75) is 135 Å². The van der Waals surface area contributed by atoms with E-state index in [9.17, 15) is 205 Å². The lowest BCUT2D eigenvalue weighted by molar-refractivity contribution is -0.285. The molecule has 0 spiro atoms. The van der Waals surface area contributed by atoms with Gasteiger partial charge in [-0.1, -0.05) is 0 Å². The minimum atomic E-state index is -2.56. The van der Waals surface area contributed by atoms with Crippen molar-refractivity contribution in [2.75, 3.05) is 20.8 Å². The summed E-state index contributed by atoms with van der Waals surface area (Å²) in [5.41, 5.74) is -2.37. The maximum absolute atomic E-state index is 12.0. The fourth-order valence-electron chi connectivity index (χ4n) is 10.2. The Morgan fingerprint density at radius 1 is 0.331 bits per heavy atom. The summed E-state index contributed by atoms with van der Waals surface area (Å²) in [4.78, 5) is 159. The van der Waals surface area contributed by atoms with E-state index in [4.69, 9.17) is 65.6 Å². The molecular formula is C75H82O61. The van der Waals surface area contributed by atoms with Gasteiger partial charge in [0.2, 0.25) is 30.7 Å². The molecule has 6 aromatic rings. The Morgan fingerprint density at radius 2 is 0.618 bits per heavy atom. The second-order valence-corrected chi connectivity index (χ2v) is 27.0. The molecule has 0 aromatic heterocycles. The van der Waals surface area contributed by atoms with Gasteiger partial charge in [-0.25, -0.2) is 67.1 Å². The molecule has 21 atom stereocenters. The fourth-order valence-corrected chi connectivity index (χ4v) is 10.2. The van der Waals surface area contributed by atoms with E-state index in [1.165, 1.54) is 13.0 Å². The lowest BCUT2D eigenvalue weighted by Gasteiger charge is -2.39. The molecule has 38 N–H and O–H groups in total. The number of hydrogen-bond donors (Lipinski definition) is 38. The van der Waals surface area contributed by atoms with Crippen LogP contribution in [0.2, 0.25) is 0 Å². The highest BCUT2D eigenvalue weighted by Gasteiger charge is 2.52. The van der Waals surface area contributed by atoms with Crippen LogP contribution in [0.4, 0.5) is 0 Å². The number of aromatic carboxylic acids is 1. The summed E-state index contributed by atoms with van der Waals surface area (Å²) in [7, 11) is 1.71. The van der Waals surface area contributed by atoms with Crippen molar-refractivity contribution in [1.29, 1.82) is 0 Å². The molecule has 0 aliphatic carbocycles. The minimum absolute atomic E-state index is 0.0391. The number of phenols is 17. The number of carbonyl (C=O) groups excluding carboxylic acids is 8. The molecule has 61 heteroatoms. The maximum atomic E-state index is 12.0. The Labute approximate surface area is 750 Å². The van der Waals surface area contributed by atoms with E-state index in [2.05, 4.69) is 33.2 Å². The van der Waals surface area contributed by atoms with E-state index < -0.39 is 333 Å². The van der Waals surface area contributed by atoms with Gasteiger partial charge in [0.05, 0.1) is 54.2 Å². The van der Waals surface area contributed by atoms with E-state index >= 15 is 0 Å². The SMILES string of the molecule is COC(=O)[C@@H](O)[C@H](O)[C@H](O)[C@@H](OC(=O)c1cc(O)c(O)c(O)c1)C(=O)O.COC(=O)[C@H](OC(=O)c1cc(O)c(O)c(O)c1)[C@@H](O)[C@@H](O)[C@H](O)C(=O)O.Cc1cc(C(=O)O)cc(O)c1O.O=C(O[C@@H](C(=O)O)[C@@H](O)[C@@H](O)[C@H](O)C(=O)O)c1cc(O)c(O)c(O)c1.O=C(O[C@@H](C(=O)O)[C@H]1OC(=O)[C@@H](O)[C@@H]1O)c1cc(O)c(O)c(O)c1.O=C(O[C@@H]1OC(CO)[C@@H](O)[C@H](O)C1O)c1cc(O)c(O)c(O)c1. The normalized spacial score (nSPS) is 19.1. The predicted molar refractivity (Wildman–Crippen MR) is 413 cm³/mol. The Hall–Kier alpha value is -16.1. The van der Waals surface area contributed by atoms with E-state index in [0.29, 0.717) is 54.1 Å². The summed E-state index contributed by atoms with van der Waals surface area (Å²) in [6.07, 6.45) is -45.2. The number of carboxylic acids is 6. The first kappa shape index (κ1) is 114. The van der Waals surface area contributed by atoms with Gasteiger partial charge in [-0.15, -0.1) is 0 Å². The van der Waals surface area contributed by atoms with E-state index in [0.717, 1.165) is 32.4 Å². The van der Waals surface area contributed by atoms with Crippen molar-refractivity contribution in [3.8, 4) is 97.7 Å². The van der Waals surface area contributed by atoms with Gasteiger partial charge in [-0.05, 0) is 85.3 Å². The number of methoxy groups -OCH3 is 2. The number of rotatable bonds is 29. The molecule has 0 amide bonds. The fraction of sp³-hybridized carbons (Fsp3) is 0.333. The van der Waals surface area contributed by atoms with Crippen LogP contribution in [0.5, 0.6) is 97.7 Å². The van der Waals surface area contributed by atoms with Crippen LogP contribution in [0.25, 0.3) is 0 Å². The molecule has 2 aliphatic rings. The van der Waals surface area contributed by atoms with Gasteiger partial charge in [0.1, 0.15) is 67.1 Å². The Morgan fingerprint density at radius 3 is 0.890 bits per heavy atom. The quantitative estimate of drug-likeness (QED) is 0.0118. The predicted octanol–water partition coefficient (Wildman–Crippen LogP) is -10.2. The van der Waals surface area contributed by atoms with Crippen LogP contribution in [-0.4, -0.2) is 427 Å². The number of esters is 8. The van der Waals surface area contributed by atoms with Crippen LogP contribution < -0.4 is 0 Å². The molecule has 2 unspecified atom stereocenters. The standard InChI is InChI=1S/2C14H16O12.C13H14O12.C13H12O11.C13H16O10.C8H8O4/c1-25-14(24)10(20)8(18)9(19)11(12(21)22)26-13(23)4-2-5(15)7(17)6(16)3-4;1-25-14(24)11(9(19)8(18)10(20)12(21)22)26-13(23)4-2-5(15)7(17)6(16)3-4;14-4-1-3(2-5(15)6(4)16)13(24)25-10(12(22)23)8(18)7(17)9(19)11(20)21;14-4-1-3(2-5(15)6(4)16)12(21)24-10(11(19)20)9-7(17)8(18)13(22)23-9;14-3-7-9(18)10(19)11(20)13(22-7)23-12(21)4-1-5(15)8(17)6(16)2-4;1-4-2-5(8(11)12)3-6(9)7(4)10/h2*2-3,8-11,15-20H,1H3,(H,21,22);1-2,7-10,14-19H,(H,20,21)(H,22,23);1-2,7-10,14-18H,(H,19,20);1-2,7,9-11,13-20H,3H2;2-3,9-10H,1H3,(H,11,12)/t2*8-,9+,10+,11-;7-,8+,9+,10-;7-,8-,9-,10+;7?,9-,10+,11?,13+;/m11101./s1. The van der Waals surface area contributed by atoms with Crippen molar-refractivity contribution in [3.63, 3.8) is 0 Å². The second kappa shape index (κ2) is 49.4. The largest absolute Gasteiger partial charge is 0.504 e. The number of cyclic esters (lactones) is 1. The van der Waals surface area contributed by atoms with Gasteiger partial charge in [-0.3, -0.25) is 0 Å². The van der Waals surface area contributed by atoms with E-state index in [1.54, 1.807) is 0 Å². The lowest BCUT2D eigenvalue weighted by Crippen LogP contribution is -2.59. The van der Waals surface area contributed by atoms with Crippen LogP contribution >= 0.6 is 0 Å². The van der Waals surface area contributed by atoms with Crippen molar-refractivity contribution in [2.24, 2.45) is 0 Å². The maximum Gasteiger partial charge on any atom is 0.350 e. The highest BCUT2D eigenvalue weighted by atomic mass is 16.7. The summed E-state index contributed by atoms with van der Waals surface area (Å²) in [5, 5.41) is 353. The monoisotopic (exact) mass is 1960 g/mol. The zero-order chi connectivity index (χ0) is 105. The summed E-state index contributed by atoms with van der Waals surface area (Å²) < 4.78 is 40.8. The van der Waals surface area contributed by atoms with Crippen molar-refractivity contribution >= 4 is 83.6 Å². The summed E-state index contributed by atoms with van der Waals surface area (Å²) in [6.45, 7) is 0.821. The second-order valence-electron chi connectivity index (χ2n) is 27.0. The van der Waals surface area contributed by atoms with Crippen LogP contribution in [-0.2, 0) is 81.0 Å². The Kier molecular flexibility index (Phi) is 41.4. The third-order valence-corrected chi connectivity index (χ3v) is 17.6. The van der Waals surface area contributed by atoms with Crippen LogP contribution in [0.3, 0.4) is 0 Å². The number of aromatic hydroxyl groups is 17. The van der Waals surface area contributed by atoms with Crippen molar-refractivity contribution in [1.82, 2.24) is 0 Å². The van der Waals surface area contributed by atoms with Gasteiger partial charge < -0.3 is 237 Å². The van der Waals surface area contributed by atoms with Crippen LogP contribution in [0.15, 0.2) is 72.8 Å². The molecule has 0 radical (unpaired) electrons. The minimum Gasteiger partial charge on any atom is -0.504 e. The average Bonchev–Trinajstić information content (AvgIpc) is 1.49. The molecule has 2 fully saturated rings. The van der Waals surface area contributed by atoms with Crippen molar-refractivity contribution in [3.05, 3.63) is 112 Å². The number of hydrogen-bond acceptors (Lipinski definition) is 55. The zero-order valence-corrected chi connectivity index (χ0v) is 68.1. The number of aliphatic carboxylic acids is 5. The zero-order valence-electron chi connectivity index (χ0n) is 68.1. The van der Waals surface area contributed by atoms with Gasteiger partial charge in [0, 0.05) is 0 Å². The van der Waals surface area contributed by atoms with Crippen molar-refractivity contribution < 1.29 is 304 Å². The lowest BCUT2D eigenvalue weighted by atomic mass is 9.99. The van der Waals surface area contributed by atoms with Crippen LogP contribution in [0.1, 0.15) is 67.7 Å². The number of aliphatic hydroxyl groups excluding tert-OH is 15. The average molecular weight is 1960 g/mol. The van der Waals surface area contributed by atoms with Gasteiger partial charge in [0.15, 0.2) is 128 Å². The molecule has 61 nitrogen and oxygen atoms in total. The number of carbonyl (C=O) groups is 14. The number of benzene rings is 6. The van der Waals surface area contributed by atoms with E-state index in [1.807, 2.05) is 0 Å². The topological polar surface area (TPSA) is 1090 Å². The summed E-state index contributed by atoms with van der Waals surface area (Å²) in [6, 6.07) is 9.15. The Balaban J connectivity index is 0.000000424. The summed E-state index contributed by atoms with van der Waals surface area (Å²) >= 11 is 0. The number of aliphatic hydroxyl groups is 15. The molecule has 8 rings (SSSR count). The number of carboxylic acid groups (broad SMARTS) is 6. The Bertz CT molecular complexity index is 5210. The molecule has 2 saturated heterocycles. The molecule has 136 heavy (non-hydrogen) atoms. The highest BCUT2D eigenvalue weighted by Crippen LogP contribution is 2.41. The van der Waals surface area contributed by atoms with Gasteiger partial charge >= 0.3 is 83.6 Å². The first-order valence-electron chi connectivity index (χ1n) is 36.2. The smallest absolute Gasteiger partial charge is 0.350 e. The molecule has 0 saturated carbocycles. The number of phenolic OH excluding ortho intramolecular Hbond substituents is 17. The third-order valence-electron chi connectivity index (χ3n) is 17.6. The van der Waals surface area contributed by atoms with Gasteiger partial charge in [0.25, 0.3) is 0 Å². The molecular weight excluding hydrogens is 1880 g/mol. The number of ether oxygens (including phenoxy) is 9. The molecule has 0 bridgehead atoms. The molecule has 748 valence electrons. The van der Waals surface area contributed by atoms with Gasteiger partial charge in [-0.2, -0.15) is 0 Å². The first-order valence-corrected chi connectivity index (χ1v) is 36.2. The highest BCUT2D eigenvalue weighted by molar-refractivity contribution is 5.97. The molecule has 6 aromatic carbocycles. The molecule has 2 aliphatic heterocycles. The third kappa shape index (κ3) is 29.4.